The Hall–Kier alpha value is -1.39. The van der Waals surface area contributed by atoms with Crippen molar-refractivity contribution in [2.45, 2.75) is 13.8 Å². The third-order valence-corrected chi connectivity index (χ3v) is 2.98. The van der Waals surface area contributed by atoms with Gasteiger partial charge in [-0.2, -0.15) is 0 Å². The lowest BCUT2D eigenvalue weighted by atomic mass is 10.3. The van der Waals surface area contributed by atoms with Gasteiger partial charge in [0.2, 0.25) is 0 Å². The molecule has 0 aliphatic rings. The van der Waals surface area contributed by atoms with Crippen molar-refractivity contribution in [2.75, 3.05) is 0 Å². The summed E-state index contributed by atoms with van der Waals surface area (Å²) in [6.07, 6.45) is 7.71. The topological polar surface area (TPSA) is 49.3 Å². The molecule has 1 rings (SSSR count). The highest BCUT2D eigenvalue weighted by Gasteiger charge is 2.05. The fraction of sp³-hybridized carbons (Fsp3) is 0.182. The smallest absolute Gasteiger partial charge is 0.284 e. The summed E-state index contributed by atoms with van der Waals surface area (Å²) in [5.41, 5.74) is 1.63. The van der Waals surface area contributed by atoms with Gasteiger partial charge in [-0.3, -0.25) is 10.0 Å². The third-order valence-electron chi connectivity index (χ3n) is 1.87. The minimum atomic E-state index is -0.469. The molecule has 0 aliphatic heterocycles. The Morgan fingerprint density at radius 3 is 2.80 bits per heavy atom. The lowest BCUT2D eigenvalue weighted by molar-refractivity contribution is 0.0711. The molecule has 0 radical (unpaired) electrons. The van der Waals surface area contributed by atoms with E-state index in [-0.39, 0.29) is 0 Å². The maximum Gasteiger partial charge on any atom is 0.284 e. The van der Waals surface area contributed by atoms with E-state index in [0.717, 1.165) is 9.75 Å². The molecule has 0 aromatic carbocycles. The van der Waals surface area contributed by atoms with Crippen LogP contribution in [0.5, 0.6) is 0 Å². The molecular weight excluding hydrogens is 210 g/mol. The zero-order valence-electron chi connectivity index (χ0n) is 8.65. The Bertz CT molecular complexity index is 485. The fourth-order valence-electron chi connectivity index (χ4n) is 1.13. The Labute approximate surface area is 92.0 Å². The number of hydroxylamine groups is 1. The van der Waals surface area contributed by atoms with Gasteiger partial charge in [0.1, 0.15) is 0 Å². The minimum absolute atomic E-state index is 0.469. The van der Waals surface area contributed by atoms with Crippen LogP contribution >= 0.6 is 11.3 Å². The second kappa shape index (κ2) is 5.48. The number of hydrogen-bond acceptors (Lipinski definition) is 3. The molecule has 4 heteroatoms. The van der Waals surface area contributed by atoms with Gasteiger partial charge < -0.3 is 0 Å². The molecular formula is C11H13NO2S. The predicted octanol–water partition coefficient (Wildman–Crippen LogP) is 1.02. The van der Waals surface area contributed by atoms with E-state index in [1.54, 1.807) is 11.5 Å². The summed E-state index contributed by atoms with van der Waals surface area (Å²) in [6.45, 7) is 3.84. The molecule has 1 aromatic rings. The largest absolute Gasteiger partial charge is 0.288 e. The molecule has 1 aromatic heterocycles. The summed E-state index contributed by atoms with van der Waals surface area (Å²) >= 11 is 1.35. The van der Waals surface area contributed by atoms with Gasteiger partial charge >= 0.3 is 0 Å². The van der Waals surface area contributed by atoms with Crippen LogP contribution < -0.4 is 15.2 Å². The lowest BCUT2D eigenvalue weighted by Gasteiger charge is -1.89. The van der Waals surface area contributed by atoms with E-state index < -0.39 is 5.91 Å². The van der Waals surface area contributed by atoms with E-state index >= 15 is 0 Å². The first-order valence-electron chi connectivity index (χ1n) is 4.56. The minimum Gasteiger partial charge on any atom is -0.288 e. The average Bonchev–Trinajstić information content (AvgIpc) is 2.68. The quantitative estimate of drug-likeness (QED) is 0.581. The van der Waals surface area contributed by atoms with Crippen LogP contribution in [0.3, 0.4) is 0 Å². The van der Waals surface area contributed by atoms with Crippen LogP contribution in [-0.2, 0) is 0 Å². The van der Waals surface area contributed by atoms with Crippen LogP contribution in [0.4, 0.5) is 0 Å². The molecule has 0 saturated heterocycles. The van der Waals surface area contributed by atoms with Crippen molar-refractivity contribution in [1.29, 1.82) is 0 Å². The standard InChI is InChI=1S/C11H13NO2S/c1-3-5-6-9-8(4-2)7-10(15-9)11(13)12-14/h3-7,14H,1-2H3,(H,12,13)/b5-3-,8-4-,9-6+. The molecule has 1 amide bonds. The maximum absolute atomic E-state index is 11.2. The van der Waals surface area contributed by atoms with Gasteiger partial charge in [-0.05, 0) is 31.2 Å². The highest BCUT2D eigenvalue weighted by molar-refractivity contribution is 7.12. The van der Waals surface area contributed by atoms with Gasteiger partial charge in [0.15, 0.2) is 0 Å². The number of hydrogen-bond donors (Lipinski definition) is 2. The molecule has 0 spiro atoms. The van der Waals surface area contributed by atoms with Crippen LogP contribution in [0.1, 0.15) is 23.5 Å². The van der Waals surface area contributed by atoms with E-state index in [9.17, 15) is 4.79 Å². The number of amides is 1. The first-order valence-corrected chi connectivity index (χ1v) is 5.38. The first kappa shape index (κ1) is 11.7. The van der Waals surface area contributed by atoms with Crippen molar-refractivity contribution in [3.05, 3.63) is 32.8 Å². The van der Waals surface area contributed by atoms with E-state index in [1.165, 1.54) is 11.3 Å². The summed E-state index contributed by atoms with van der Waals surface area (Å²) in [7, 11) is 0. The molecule has 0 saturated carbocycles. The van der Waals surface area contributed by atoms with E-state index in [1.807, 2.05) is 38.2 Å². The van der Waals surface area contributed by atoms with Gasteiger partial charge in [-0.1, -0.05) is 18.2 Å². The van der Waals surface area contributed by atoms with Crippen molar-refractivity contribution < 1.29 is 10.0 Å². The number of allylic oxidation sites excluding steroid dienone is 2. The van der Waals surface area contributed by atoms with E-state index in [4.69, 9.17) is 5.21 Å². The van der Waals surface area contributed by atoms with Gasteiger partial charge in [0.05, 0.1) is 4.88 Å². The second-order valence-electron chi connectivity index (χ2n) is 2.85. The molecule has 0 atom stereocenters. The van der Waals surface area contributed by atoms with Gasteiger partial charge in [-0.25, -0.2) is 5.48 Å². The zero-order valence-corrected chi connectivity index (χ0v) is 9.47. The van der Waals surface area contributed by atoms with Crippen molar-refractivity contribution in [2.24, 2.45) is 0 Å². The number of rotatable bonds is 2. The van der Waals surface area contributed by atoms with Crippen LogP contribution in [0.25, 0.3) is 12.2 Å². The summed E-state index contributed by atoms with van der Waals surface area (Å²) in [4.78, 5) is 11.7. The average molecular weight is 223 g/mol. The number of nitrogens with one attached hydrogen (secondary N) is 1. The molecule has 0 aliphatic carbocycles. The van der Waals surface area contributed by atoms with Gasteiger partial charge in [0.25, 0.3) is 5.91 Å². The zero-order chi connectivity index (χ0) is 11.3. The van der Waals surface area contributed by atoms with Crippen LogP contribution in [0, 0.1) is 0 Å². The lowest BCUT2D eigenvalue weighted by Crippen LogP contribution is -2.17. The Kier molecular flexibility index (Phi) is 4.27. The van der Waals surface area contributed by atoms with Crippen LogP contribution in [-0.4, -0.2) is 11.1 Å². The number of thiophene rings is 1. The molecule has 80 valence electrons. The molecule has 15 heavy (non-hydrogen) atoms. The molecule has 2 N–H and O–H groups in total. The van der Waals surface area contributed by atoms with Crippen molar-refractivity contribution >= 4 is 29.4 Å². The van der Waals surface area contributed by atoms with Crippen molar-refractivity contribution in [3.8, 4) is 0 Å². The SMILES string of the molecule is C\C=C/C=c1/sc(C(=O)NO)c/c1=C/C. The molecule has 0 fully saturated rings. The highest BCUT2D eigenvalue weighted by Crippen LogP contribution is 1.99. The molecule has 0 bridgehead atoms. The van der Waals surface area contributed by atoms with Crippen LogP contribution in [0.2, 0.25) is 0 Å². The third kappa shape index (κ3) is 2.78. The fourth-order valence-corrected chi connectivity index (χ4v) is 2.13. The summed E-state index contributed by atoms with van der Waals surface area (Å²) in [5.74, 6) is -0.469. The monoisotopic (exact) mass is 223 g/mol. The van der Waals surface area contributed by atoms with Crippen LogP contribution in [0.15, 0.2) is 18.2 Å². The Balaban J connectivity index is 3.30. The van der Waals surface area contributed by atoms with Gasteiger partial charge in [-0.15, -0.1) is 11.3 Å². The molecule has 1 heterocycles. The maximum atomic E-state index is 11.2. The van der Waals surface area contributed by atoms with Gasteiger partial charge in [0, 0.05) is 4.53 Å². The molecule has 0 unspecified atom stereocenters. The number of carbonyl (C=O) groups excluding carboxylic acids is 1. The summed E-state index contributed by atoms with van der Waals surface area (Å²) < 4.78 is 1.01. The summed E-state index contributed by atoms with van der Waals surface area (Å²) in [5, 5.41) is 9.51. The number of carbonyl (C=O) groups is 1. The molecule has 3 nitrogen and oxygen atoms in total. The van der Waals surface area contributed by atoms with Crippen molar-refractivity contribution in [1.82, 2.24) is 5.48 Å². The Morgan fingerprint density at radius 2 is 2.27 bits per heavy atom. The summed E-state index contributed by atoms with van der Waals surface area (Å²) in [6, 6.07) is 1.76. The second-order valence-corrected chi connectivity index (χ2v) is 3.94. The van der Waals surface area contributed by atoms with E-state index in [0.29, 0.717) is 4.88 Å². The first-order chi connectivity index (χ1) is 7.22. The normalized spacial score (nSPS) is 13.8. The van der Waals surface area contributed by atoms with E-state index in [2.05, 4.69) is 0 Å². The predicted molar refractivity (Wildman–Crippen MR) is 62.2 cm³/mol. The highest BCUT2D eigenvalue weighted by atomic mass is 32.1. The van der Waals surface area contributed by atoms with Crippen molar-refractivity contribution in [3.63, 3.8) is 0 Å². The Morgan fingerprint density at radius 1 is 1.53 bits per heavy atom.